The van der Waals surface area contributed by atoms with Gasteiger partial charge in [-0.25, -0.2) is 0 Å². The summed E-state index contributed by atoms with van der Waals surface area (Å²) in [5.74, 6) is 0.948. The second-order valence-corrected chi connectivity index (χ2v) is 5.65. The zero-order valence-electron chi connectivity index (χ0n) is 12.0. The van der Waals surface area contributed by atoms with Gasteiger partial charge >= 0.3 is 0 Å². The van der Waals surface area contributed by atoms with Crippen LogP contribution in [-0.4, -0.2) is 19.7 Å². The Hall–Kier alpha value is -0.540. The number of nitrogens with one attached hydrogen (secondary N) is 1. The van der Waals surface area contributed by atoms with Crippen molar-refractivity contribution >= 4 is 15.9 Å². The molecule has 1 aromatic carbocycles. The van der Waals surface area contributed by atoms with Crippen LogP contribution in [0.5, 0.6) is 5.75 Å². The Morgan fingerprint density at radius 1 is 1.00 bits per heavy atom. The fourth-order valence-corrected chi connectivity index (χ4v) is 2.28. The predicted octanol–water partition coefficient (Wildman–Crippen LogP) is 4.78. The third kappa shape index (κ3) is 8.27. The molecule has 0 atom stereocenters. The maximum Gasteiger partial charge on any atom is 0.133 e. The van der Waals surface area contributed by atoms with E-state index in [1.807, 2.05) is 24.3 Å². The Labute approximate surface area is 126 Å². The maximum absolute atomic E-state index is 5.73. The van der Waals surface area contributed by atoms with E-state index in [9.17, 15) is 0 Å². The molecule has 0 aliphatic carbocycles. The first-order valence-electron chi connectivity index (χ1n) is 7.42. The molecular formula is C16H26BrNO. The third-order valence-corrected chi connectivity index (χ3v) is 3.70. The van der Waals surface area contributed by atoms with Crippen molar-refractivity contribution in [1.29, 1.82) is 0 Å². The minimum atomic E-state index is 0.811. The molecule has 1 aromatic rings. The van der Waals surface area contributed by atoms with Crippen LogP contribution in [0, 0.1) is 0 Å². The zero-order valence-corrected chi connectivity index (χ0v) is 13.5. The van der Waals surface area contributed by atoms with Gasteiger partial charge in [0.1, 0.15) is 5.75 Å². The van der Waals surface area contributed by atoms with Crippen LogP contribution in [0.3, 0.4) is 0 Å². The van der Waals surface area contributed by atoms with E-state index in [0.29, 0.717) is 0 Å². The van der Waals surface area contributed by atoms with Gasteiger partial charge in [-0.05, 0) is 60.4 Å². The van der Waals surface area contributed by atoms with Gasteiger partial charge in [0.15, 0.2) is 0 Å². The third-order valence-electron chi connectivity index (χ3n) is 3.05. The first-order chi connectivity index (χ1) is 9.34. The molecular weight excluding hydrogens is 302 g/mol. The van der Waals surface area contributed by atoms with E-state index in [0.717, 1.165) is 29.8 Å². The lowest BCUT2D eigenvalue weighted by Crippen LogP contribution is -2.16. The number of hydrogen-bond donors (Lipinski definition) is 1. The number of rotatable bonds is 11. The summed E-state index contributed by atoms with van der Waals surface area (Å²) >= 11 is 3.49. The highest BCUT2D eigenvalue weighted by Gasteiger charge is 1.98. The largest absolute Gasteiger partial charge is 0.492 e. The van der Waals surface area contributed by atoms with Crippen LogP contribution in [0.15, 0.2) is 28.7 Å². The number of unbranched alkanes of at least 4 members (excludes halogenated alkanes) is 4. The number of hydrogen-bond acceptors (Lipinski definition) is 2. The molecule has 0 heterocycles. The summed E-state index contributed by atoms with van der Waals surface area (Å²) in [6.07, 6.45) is 7.52. The SMILES string of the molecule is CCCCNCCCCCCOc1ccccc1Br. The van der Waals surface area contributed by atoms with Crippen molar-refractivity contribution in [2.45, 2.75) is 45.4 Å². The summed E-state index contributed by atoms with van der Waals surface area (Å²) in [6, 6.07) is 8.02. The molecule has 19 heavy (non-hydrogen) atoms. The first-order valence-corrected chi connectivity index (χ1v) is 8.22. The molecule has 0 unspecified atom stereocenters. The minimum absolute atomic E-state index is 0.811. The van der Waals surface area contributed by atoms with Gasteiger partial charge in [0.25, 0.3) is 0 Å². The molecule has 0 saturated carbocycles. The summed E-state index contributed by atoms with van der Waals surface area (Å²) in [4.78, 5) is 0. The van der Waals surface area contributed by atoms with Crippen molar-refractivity contribution in [2.24, 2.45) is 0 Å². The molecule has 0 radical (unpaired) electrons. The van der Waals surface area contributed by atoms with Crippen LogP contribution in [-0.2, 0) is 0 Å². The van der Waals surface area contributed by atoms with Gasteiger partial charge in [-0.1, -0.05) is 38.3 Å². The van der Waals surface area contributed by atoms with Crippen molar-refractivity contribution in [3.05, 3.63) is 28.7 Å². The predicted molar refractivity (Wildman–Crippen MR) is 85.9 cm³/mol. The van der Waals surface area contributed by atoms with Crippen LogP contribution in [0.4, 0.5) is 0 Å². The summed E-state index contributed by atoms with van der Waals surface area (Å²) in [5, 5.41) is 3.47. The molecule has 0 amide bonds. The molecule has 0 fully saturated rings. The second-order valence-electron chi connectivity index (χ2n) is 4.80. The quantitative estimate of drug-likeness (QED) is 0.590. The van der Waals surface area contributed by atoms with Gasteiger partial charge in [-0.15, -0.1) is 0 Å². The number of benzene rings is 1. The molecule has 0 spiro atoms. The van der Waals surface area contributed by atoms with Crippen LogP contribution in [0.25, 0.3) is 0 Å². The van der Waals surface area contributed by atoms with Crippen LogP contribution in [0.1, 0.15) is 45.4 Å². The molecule has 1 N–H and O–H groups in total. The monoisotopic (exact) mass is 327 g/mol. The van der Waals surface area contributed by atoms with E-state index < -0.39 is 0 Å². The van der Waals surface area contributed by atoms with Crippen molar-refractivity contribution in [3.8, 4) is 5.75 Å². The van der Waals surface area contributed by atoms with E-state index in [-0.39, 0.29) is 0 Å². The average molecular weight is 328 g/mol. The van der Waals surface area contributed by atoms with Gasteiger partial charge < -0.3 is 10.1 Å². The van der Waals surface area contributed by atoms with Gasteiger partial charge in [0.05, 0.1) is 11.1 Å². The molecule has 0 saturated heterocycles. The molecule has 108 valence electrons. The lowest BCUT2D eigenvalue weighted by molar-refractivity contribution is 0.302. The van der Waals surface area contributed by atoms with Crippen molar-refractivity contribution in [3.63, 3.8) is 0 Å². The maximum atomic E-state index is 5.73. The summed E-state index contributed by atoms with van der Waals surface area (Å²) in [7, 11) is 0. The molecule has 2 nitrogen and oxygen atoms in total. The summed E-state index contributed by atoms with van der Waals surface area (Å²) < 4.78 is 6.77. The van der Waals surface area contributed by atoms with Crippen LogP contribution >= 0.6 is 15.9 Å². The Balaban J connectivity index is 1.90. The number of halogens is 1. The minimum Gasteiger partial charge on any atom is -0.492 e. The summed E-state index contributed by atoms with van der Waals surface area (Å²) in [5.41, 5.74) is 0. The normalized spacial score (nSPS) is 10.6. The molecule has 0 aliphatic rings. The zero-order chi connectivity index (χ0) is 13.8. The van der Waals surface area contributed by atoms with Crippen molar-refractivity contribution < 1.29 is 4.74 Å². The lowest BCUT2D eigenvalue weighted by Gasteiger charge is -2.08. The molecule has 1 rings (SSSR count). The van der Waals surface area contributed by atoms with E-state index >= 15 is 0 Å². The van der Waals surface area contributed by atoms with Gasteiger partial charge in [0, 0.05) is 0 Å². The van der Waals surface area contributed by atoms with Gasteiger partial charge in [-0.2, -0.15) is 0 Å². The molecule has 0 bridgehead atoms. The van der Waals surface area contributed by atoms with E-state index in [1.54, 1.807) is 0 Å². The Morgan fingerprint density at radius 3 is 2.53 bits per heavy atom. The summed E-state index contributed by atoms with van der Waals surface area (Å²) in [6.45, 7) is 5.37. The number of para-hydroxylation sites is 1. The second kappa shape index (κ2) is 11.3. The standard InChI is InChI=1S/C16H26BrNO/c1-2-3-12-18-13-8-4-5-9-14-19-16-11-7-6-10-15(16)17/h6-7,10-11,18H,2-5,8-9,12-14H2,1H3. The van der Waals surface area contributed by atoms with Crippen molar-refractivity contribution in [2.75, 3.05) is 19.7 Å². The highest BCUT2D eigenvalue weighted by Crippen LogP contribution is 2.23. The van der Waals surface area contributed by atoms with Crippen molar-refractivity contribution in [1.82, 2.24) is 5.32 Å². The molecule has 3 heteroatoms. The first kappa shape index (κ1) is 16.5. The Bertz CT molecular complexity index is 330. The number of ether oxygens (including phenoxy) is 1. The van der Waals surface area contributed by atoms with E-state index in [4.69, 9.17) is 4.74 Å². The highest BCUT2D eigenvalue weighted by molar-refractivity contribution is 9.10. The van der Waals surface area contributed by atoms with Crippen LogP contribution < -0.4 is 10.1 Å². The Morgan fingerprint density at radius 2 is 1.74 bits per heavy atom. The van der Waals surface area contributed by atoms with E-state index in [1.165, 1.54) is 38.6 Å². The lowest BCUT2D eigenvalue weighted by atomic mass is 10.2. The molecule has 0 aromatic heterocycles. The topological polar surface area (TPSA) is 21.3 Å². The van der Waals surface area contributed by atoms with Crippen LogP contribution in [0.2, 0.25) is 0 Å². The fourth-order valence-electron chi connectivity index (χ4n) is 1.88. The molecule has 0 aliphatic heterocycles. The highest BCUT2D eigenvalue weighted by atomic mass is 79.9. The smallest absolute Gasteiger partial charge is 0.133 e. The van der Waals surface area contributed by atoms with Gasteiger partial charge in [0.2, 0.25) is 0 Å². The van der Waals surface area contributed by atoms with E-state index in [2.05, 4.69) is 28.2 Å². The average Bonchev–Trinajstić information content (AvgIpc) is 2.43. The van der Waals surface area contributed by atoms with Gasteiger partial charge in [-0.3, -0.25) is 0 Å². The Kier molecular flexibility index (Phi) is 9.82. The fraction of sp³-hybridized carbons (Fsp3) is 0.625.